The second-order valence-corrected chi connectivity index (χ2v) is 7.20. The summed E-state index contributed by atoms with van der Waals surface area (Å²) in [7, 11) is 0. The van der Waals surface area contributed by atoms with E-state index in [0.717, 1.165) is 11.0 Å². The number of hydrogen-bond acceptors (Lipinski definition) is 5. The van der Waals surface area contributed by atoms with Gasteiger partial charge in [0.2, 0.25) is 0 Å². The number of amides is 1. The van der Waals surface area contributed by atoms with E-state index >= 15 is 0 Å². The van der Waals surface area contributed by atoms with Crippen LogP contribution >= 0.6 is 0 Å². The molecule has 3 aromatic rings. The van der Waals surface area contributed by atoms with E-state index in [0.29, 0.717) is 23.5 Å². The SMILES string of the molecule is CCOc1cccc(/C(O)=C2\C(=O)C(=O)N(c3cccc(F)c3)C2c2cccc(O)c2)c1. The Morgan fingerprint density at radius 3 is 2.50 bits per heavy atom. The van der Waals surface area contributed by atoms with Crippen LogP contribution in [-0.4, -0.2) is 28.5 Å². The highest BCUT2D eigenvalue weighted by Gasteiger charge is 2.47. The minimum atomic E-state index is -1.07. The van der Waals surface area contributed by atoms with Crippen LogP contribution in [-0.2, 0) is 9.59 Å². The normalized spacial score (nSPS) is 17.6. The van der Waals surface area contributed by atoms with E-state index in [1.807, 2.05) is 6.92 Å². The minimum Gasteiger partial charge on any atom is -0.508 e. The van der Waals surface area contributed by atoms with Crippen molar-refractivity contribution in [1.82, 2.24) is 0 Å². The van der Waals surface area contributed by atoms with E-state index < -0.39 is 29.3 Å². The van der Waals surface area contributed by atoms with Gasteiger partial charge >= 0.3 is 0 Å². The molecule has 32 heavy (non-hydrogen) atoms. The minimum absolute atomic E-state index is 0.0781. The van der Waals surface area contributed by atoms with Crippen molar-refractivity contribution >= 4 is 23.1 Å². The standard InChI is InChI=1S/C25H20FNO5/c1-2-32-20-11-4-7-16(13-20)23(29)21-22(15-6-3-10-19(28)12-15)27(25(31)24(21)30)18-9-5-8-17(26)14-18/h3-14,22,28-29H,2H2,1H3/b23-21+. The van der Waals surface area contributed by atoms with Crippen LogP contribution in [0.4, 0.5) is 10.1 Å². The summed E-state index contributed by atoms with van der Waals surface area (Å²) in [5.41, 5.74) is 0.662. The zero-order valence-electron chi connectivity index (χ0n) is 17.2. The van der Waals surface area contributed by atoms with Gasteiger partial charge in [0.1, 0.15) is 23.1 Å². The van der Waals surface area contributed by atoms with Crippen LogP contribution in [0.3, 0.4) is 0 Å². The maximum Gasteiger partial charge on any atom is 0.300 e. The number of aromatic hydroxyl groups is 1. The monoisotopic (exact) mass is 433 g/mol. The highest BCUT2D eigenvalue weighted by atomic mass is 19.1. The average Bonchev–Trinajstić information content (AvgIpc) is 3.04. The highest BCUT2D eigenvalue weighted by Crippen LogP contribution is 2.43. The van der Waals surface area contributed by atoms with Crippen molar-refractivity contribution in [2.75, 3.05) is 11.5 Å². The van der Waals surface area contributed by atoms with Crippen LogP contribution in [0.1, 0.15) is 24.1 Å². The largest absolute Gasteiger partial charge is 0.508 e. The number of hydrogen-bond donors (Lipinski definition) is 2. The van der Waals surface area contributed by atoms with Crippen LogP contribution in [0, 0.1) is 5.82 Å². The van der Waals surface area contributed by atoms with Gasteiger partial charge in [-0.3, -0.25) is 14.5 Å². The topological polar surface area (TPSA) is 87.1 Å². The van der Waals surface area contributed by atoms with Gasteiger partial charge in [-0.15, -0.1) is 0 Å². The number of carbonyl (C=O) groups excluding carboxylic acids is 2. The van der Waals surface area contributed by atoms with E-state index in [1.54, 1.807) is 36.4 Å². The van der Waals surface area contributed by atoms with Gasteiger partial charge in [0.15, 0.2) is 0 Å². The fourth-order valence-corrected chi connectivity index (χ4v) is 3.79. The number of anilines is 1. The van der Waals surface area contributed by atoms with Crippen molar-refractivity contribution in [1.29, 1.82) is 0 Å². The number of aliphatic hydroxyl groups excluding tert-OH is 1. The Morgan fingerprint density at radius 1 is 1.03 bits per heavy atom. The first-order chi connectivity index (χ1) is 15.4. The molecule has 0 radical (unpaired) electrons. The molecule has 3 aromatic carbocycles. The Balaban J connectivity index is 1.94. The van der Waals surface area contributed by atoms with E-state index in [4.69, 9.17) is 4.74 Å². The number of benzene rings is 3. The van der Waals surface area contributed by atoms with Gasteiger partial charge in [-0.25, -0.2) is 4.39 Å². The molecule has 7 heteroatoms. The third-order valence-corrected chi connectivity index (χ3v) is 5.14. The third-order valence-electron chi connectivity index (χ3n) is 5.14. The lowest BCUT2D eigenvalue weighted by atomic mass is 9.95. The first-order valence-corrected chi connectivity index (χ1v) is 9.99. The molecule has 0 aromatic heterocycles. The summed E-state index contributed by atoms with van der Waals surface area (Å²) in [5.74, 6) is -2.38. The number of phenolic OH excluding ortho intramolecular Hbond substituents is 1. The Kier molecular flexibility index (Phi) is 5.64. The van der Waals surface area contributed by atoms with Gasteiger partial charge in [-0.1, -0.05) is 30.3 Å². The number of ketones is 1. The van der Waals surface area contributed by atoms with Gasteiger partial charge in [0.05, 0.1) is 18.2 Å². The zero-order chi connectivity index (χ0) is 22.8. The van der Waals surface area contributed by atoms with E-state index in [1.165, 1.54) is 30.3 Å². The number of rotatable bonds is 5. The lowest BCUT2D eigenvalue weighted by Crippen LogP contribution is -2.29. The molecule has 1 unspecified atom stereocenters. The number of aliphatic hydroxyl groups is 1. The van der Waals surface area contributed by atoms with Crippen LogP contribution < -0.4 is 9.64 Å². The Labute approximate surface area is 183 Å². The number of Topliss-reactive ketones (excluding diaryl/α,β-unsaturated/α-hetero) is 1. The summed E-state index contributed by atoms with van der Waals surface area (Å²) in [6.07, 6.45) is 0. The molecule has 1 aliphatic heterocycles. The summed E-state index contributed by atoms with van der Waals surface area (Å²) in [4.78, 5) is 27.2. The molecule has 0 saturated carbocycles. The lowest BCUT2D eigenvalue weighted by molar-refractivity contribution is -0.132. The fourth-order valence-electron chi connectivity index (χ4n) is 3.79. The summed E-state index contributed by atoms with van der Waals surface area (Å²) in [6, 6.07) is 16.8. The molecule has 1 aliphatic rings. The maximum atomic E-state index is 13.9. The Hall–Kier alpha value is -4.13. The molecule has 1 saturated heterocycles. The number of halogens is 1. The molecule has 6 nitrogen and oxygen atoms in total. The molecule has 1 atom stereocenters. The van der Waals surface area contributed by atoms with Gasteiger partial charge in [0.25, 0.3) is 11.7 Å². The Morgan fingerprint density at radius 2 is 1.78 bits per heavy atom. The average molecular weight is 433 g/mol. The van der Waals surface area contributed by atoms with E-state index in [9.17, 15) is 24.2 Å². The van der Waals surface area contributed by atoms with Crippen molar-refractivity contribution in [2.45, 2.75) is 13.0 Å². The smallest absolute Gasteiger partial charge is 0.300 e. The first-order valence-electron chi connectivity index (χ1n) is 9.99. The van der Waals surface area contributed by atoms with Gasteiger partial charge < -0.3 is 14.9 Å². The summed E-state index contributed by atoms with van der Waals surface area (Å²) >= 11 is 0. The van der Waals surface area contributed by atoms with Crippen molar-refractivity contribution in [3.05, 3.63) is 95.3 Å². The second kappa shape index (κ2) is 8.55. The quantitative estimate of drug-likeness (QED) is 0.350. The summed E-state index contributed by atoms with van der Waals surface area (Å²) in [6.45, 7) is 2.23. The fraction of sp³-hybridized carbons (Fsp3) is 0.120. The van der Waals surface area contributed by atoms with Gasteiger partial charge in [-0.2, -0.15) is 0 Å². The van der Waals surface area contributed by atoms with Crippen molar-refractivity contribution in [3.63, 3.8) is 0 Å². The van der Waals surface area contributed by atoms with Crippen molar-refractivity contribution in [2.24, 2.45) is 0 Å². The number of nitrogens with zero attached hydrogens (tertiary/aromatic N) is 1. The first kappa shape index (κ1) is 21.1. The van der Waals surface area contributed by atoms with Crippen LogP contribution in [0.25, 0.3) is 5.76 Å². The molecule has 1 fully saturated rings. The second-order valence-electron chi connectivity index (χ2n) is 7.20. The molecule has 162 valence electrons. The van der Waals surface area contributed by atoms with Crippen LogP contribution in [0.5, 0.6) is 11.5 Å². The predicted octanol–water partition coefficient (Wildman–Crippen LogP) is 4.56. The molecular formula is C25H20FNO5. The lowest BCUT2D eigenvalue weighted by Gasteiger charge is -2.25. The third kappa shape index (κ3) is 3.80. The van der Waals surface area contributed by atoms with Crippen molar-refractivity contribution < 1.29 is 28.9 Å². The molecule has 0 aliphatic carbocycles. The highest BCUT2D eigenvalue weighted by molar-refractivity contribution is 6.51. The molecule has 4 rings (SSSR count). The molecule has 0 spiro atoms. The predicted molar refractivity (Wildman–Crippen MR) is 117 cm³/mol. The van der Waals surface area contributed by atoms with Crippen molar-refractivity contribution in [3.8, 4) is 11.5 Å². The van der Waals surface area contributed by atoms with Gasteiger partial charge in [0, 0.05) is 11.3 Å². The molecule has 1 amide bonds. The number of phenols is 1. The molecule has 2 N–H and O–H groups in total. The molecule has 1 heterocycles. The number of ether oxygens (including phenoxy) is 1. The van der Waals surface area contributed by atoms with E-state index in [2.05, 4.69) is 0 Å². The summed E-state index contributed by atoms with van der Waals surface area (Å²) < 4.78 is 19.4. The number of carbonyl (C=O) groups is 2. The molecular weight excluding hydrogens is 413 g/mol. The van der Waals surface area contributed by atoms with E-state index in [-0.39, 0.29) is 17.0 Å². The van der Waals surface area contributed by atoms with Crippen LogP contribution in [0.2, 0.25) is 0 Å². The van der Waals surface area contributed by atoms with Crippen LogP contribution in [0.15, 0.2) is 78.4 Å². The summed E-state index contributed by atoms with van der Waals surface area (Å²) in [5, 5.41) is 21.1. The molecule has 0 bridgehead atoms. The Bertz CT molecular complexity index is 1240. The zero-order valence-corrected chi connectivity index (χ0v) is 17.2. The van der Waals surface area contributed by atoms with Gasteiger partial charge in [-0.05, 0) is 55.0 Å². The maximum absolute atomic E-state index is 13.9.